The van der Waals surface area contributed by atoms with Crippen molar-refractivity contribution in [3.8, 4) is 0 Å². The number of hydrogen-bond acceptors (Lipinski definition) is 6. The molecule has 1 fully saturated rings. The van der Waals surface area contributed by atoms with E-state index in [1.807, 2.05) is 38.1 Å². The molecule has 1 aromatic carbocycles. The van der Waals surface area contributed by atoms with Crippen molar-refractivity contribution in [2.75, 3.05) is 6.54 Å². The molecule has 12 nitrogen and oxygen atoms in total. The molecule has 4 unspecified atom stereocenters. The normalized spacial score (nSPS) is 17.5. The number of carboxylic acids is 1. The number of likely N-dealkylation sites (tertiary alicyclic amines) is 1. The van der Waals surface area contributed by atoms with E-state index in [1.54, 1.807) is 6.20 Å². The van der Waals surface area contributed by atoms with Gasteiger partial charge < -0.3 is 37.1 Å². The maximum absolute atomic E-state index is 13.7. The lowest BCUT2D eigenvalue weighted by Crippen LogP contribution is -2.58. The summed E-state index contributed by atoms with van der Waals surface area (Å²) in [4.78, 5) is 67.2. The Morgan fingerprint density at radius 1 is 1.10 bits per heavy atom. The lowest BCUT2D eigenvalue weighted by Gasteiger charge is -2.29. The Morgan fingerprint density at radius 2 is 1.79 bits per heavy atom. The maximum Gasteiger partial charge on any atom is 0.326 e. The molecule has 1 aromatic heterocycles. The van der Waals surface area contributed by atoms with Crippen LogP contribution in [-0.4, -0.2) is 75.3 Å². The number of rotatable bonds is 13. The number of benzene rings is 1. The van der Waals surface area contributed by atoms with Gasteiger partial charge in [0, 0.05) is 36.5 Å². The third-order valence-corrected chi connectivity index (χ3v) is 6.91. The average Bonchev–Trinajstić information content (AvgIpc) is 3.53. The van der Waals surface area contributed by atoms with Crippen molar-refractivity contribution >= 4 is 40.5 Å². The summed E-state index contributed by atoms with van der Waals surface area (Å²) in [6.45, 7) is 4.04. The molecule has 4 amide bonds. The number of aliphatic carboxylic acids is 1. The molecule has 0 spiro atoms. The standard InChI is InChI=1S/C27H38N6O6/c1-15(2)12-20(31-24(35)18(28)9-10-23(29)34)25(36)32-21(26(37)33-11-5-8-22(33)27(38)39)13-16-14-30-19-7-4-3-6-17(16)19/h3-4,6-7,14-15,18,20-22,30H,5,8-13,28H2,1-2H3,(H2,29,34)(H,31,35)(H,32,36)(H,38,39). The van der Waals surface area contributed by atoms with E-state index in [4.69, 9.17) is 11.5 Å². The molecule has 1 aliphatic heterocycles. The number of nitrogens with zero attached hydrogens (tertiary/aromatic N) is 1. The van der Waals surface area contributed by atoms with Gasteiger partial charge in [0.25, 0.3) is 0 Å². The Kier molecular flexibility index (Phi) is 10.0. The van der Waals surface area contributed by atoms with Gasteiger partial charge in [-0.1, -0.05) is 32.0 Å². The molecule has 0 aliphatic carbocycles. The van der Waals surface area contributed by atoms with E-state index >= 15 is 0 Å². The van der Waals surface area contributed by atoms with E-state index in [0.29, 0.717) is 12.8 Å². The van der Waals surface area contributed by atoms with E-state index in [9.17, 15) is 29.1 Å². The molecule has 1 aliphatic rings. The van der Waals surface area contributed by atoms with Gasteiger partial charge in [-0.3, -0.25) is 19.2 Å². The van der Waals surface area contributed by atoms with Crippen molar-refractivity contribution in [1.82, 2.24) is 20.5 Å². The van der Waals surface area contributed by atoms with E-state index in [2.05, 4.69) is 15.6 Å². The van der Waals surface area contributed by atoms with E-state index in [0.717, 1.165) is 16.5 Å². The summed E-state index contributed by atoms with van der Waals surface area (Å²) in [7, 11) is 0. The zero-order valence-corrected chi connectivity index (χ0v) is 22.3. The summed E-state index contributed by atoms with van der Waals surface area (Å²) >= 11 is 0. The highest BCUT2D eigenvalue weighted by Crippen LogP contribution is 2.23. The molecule has 8 N–H and O–H groups in total. The van der Waals surface area contributed by atoms with Crippen LogP contribution in [0.15, 0.2) is 30.5 Å². The van der Waals surface area contributed by atoms with Crippen LogP contribution < -0.4 is 22.1 Å². The number of H-pyrrole nitrogens is 1. The molecule has 3 rings (SSSR count). The zero-order chi connectivity index (χ0) is 28.7. The molecule has 0 radical (unpaired) electrons. The molecule has 4 atom stereocenters. The van der Waals surface area contributed by atoms with Crippen molar-refractivity contribution < 1.29 is 29.1 Å². The number of aromatic amines is 1. The van der Waals surface area contributed by atoms with Crippen LogP contribution in [0.3, 0.4) is 0 Å². The Labute approximate surface area is 226 Å². The van der Waals surface area contributed by atoms with E-state index < -0.39 is 53.8 Å². The van der Waals surface area contributed by atoms with Crippen LogP contribution in [0.2, 0.25) is 0 Å². The average molecular weight is 543 g/mol. The fourth-order valence-electron chi connectivity index (χ4n) is 4.89. The second-order valence-corrected chi connectivity index (χ2v) is 10.5. The number of nitrogens with one attached hydrogen (secondary N) is 3. The first-order valence-corrected chi connectivity index (χ1v) is 13.2. The molecule has 2 heterocycles. The van der Waals surface area contributed by atoms with Crippen LogP contribution in [0.4, 0.5) is 0 Å². The summed E-state index contributed by atoms with van der Waals surface area (Å²) in [5, 5.41) is 16.0. The molecule has 0 bridgehead atoms. The number of amides is 4. The number of aromatic nitrogens is 1. The predicted octanol–water partition coefficient (Wildman–Crippen LogP) is 0.395. The first-order chi connectivity index (χ1) is 18.5. The first-order valence-electron chi connectivity index (χ1n) is 13.2. The number of fused-ring (bicyclic) bond motifs is 1. The summed E-state index contributed by atoms with van der Waals surface area (Å²) in [6, 6.07) is 3.48. The minimum Gasteiger partial charge on any atom is -0.480 e. The van der Waals surface area contributed by atoms with Crippen LogP contribution in [0, 0.1) is 5.92 Å². The summed E-state index contributed by atoms with van der Waals surface area (Å²) in [5.41, 5.74) is 12.7. The van der Waals surface area contributed by atoms with Crippen molar-refractivity contribution in [3.05, 3.63) is 36.0 Å². The highest BCUT2D eigenvalue weighted by atomic mass is 16.4. The predicted molar refractivity (Wildman–Crippen MR) is 144 cm³/mol. The van der Waals surface area contributed by atoms with Gasteiger partial charge in [0.05, 0.1) is 6.04 Å². The highest BCUT2D eigenvalue weighted by Gasteiger charge is 2.38. The summed E-state index contributed by atoms with van der Waals surface area (Å²) < 4.78 is 0. The second-order valence-electron chi connectivity index (χ2n) is 10.5. The van der Waals surface area contributed by atoms with Crippen LogP contribution in [0.1, 0.15) is 51.5 Å². The lowest BCUT2D eigenvalue weighted by molar-refractivity contribution is -0.149. The smallest absolute Gasteiger partial charge is 0.326 e. The van der Waals surface area contributed by atoms with Crippen LogP contribution >= 0.6 is 0 Å². The molecular formula is C27H38N6O6. The topological polar surface area (TPSA) is 201 Å². The van der Waals surface area contributed by atoms with Gasteiger partial charge in [-0.15, -0.1) is 0 Å². The molecule has 39 heavy (non-hydrogen) atoms. The van der Waals surface area contributed by atoms with Gasteiger partial charge in [-0.05, 0) is 43.2 Å². The van der Waals surface area contributed by atoms with Crippen molar-refractivity contribution in [2.45, 2.75) is 76.5 Å². The fraction of sp³-hybridized carbons (Fsp3) is 0.519. The number of hydrogen-bond donors (Lipinski definition) is 6. The Bertz CT molecular complexity index is 1210. The van der Waals surface area contributed by atoms with E-state index in [-0.39, 0.29) is 38.1 Å². The van der Waals surface area contributed by atoms with Gasteiger partial charge in [-0.2, -0.15) is 0 Å². The molecule has 1 saturated heterocycles. The van der Waals surface area contributed by atoms with Crippen LogP contribution in [0.25, 0.3) is 10.9 Å². The van der Waals surface area contributed by atoms with Gasteiger partial charge in [0.2, 0.25) is 23.6 Å². The molecule has 2 aromatic rings. The molecule has 12 heteroatoms. The number of carbonyl (C=O) groups excluding carboxylic acids is 4. The fourth-order valence-corrected chi connectivity index (χ4v) is 4.89. The third kappa shape index (κ3) is 7.79. The Balaban J connectivity index is 1.84. The van der Waals surface area contributed by atoms with Crippen molar-refractivity contribution in [1.29, 1.82) is 0 Å². The minimum absolute atomic E-state index is 0.0145. The summed E-state index contributed by atoms with van der Waals surface area (Å²) in [5.74, 6) is -3.35. The van der Waals surface area contributed by atoms with Gasteiger partial charge in [0.15, 0.2) is 0 Å². The SMILES string of the molecule is CC(C)CC(NC(=O)C(N)CCC(N)=O)C(=O)NC(Cc1c[nH]c2ccccc12)C(=O)N1CCCC1C(=O)O. The number of para-hydroxylation sites is 1. The van der Waals surface area contributed by atoms with Gasteiger partial charge in [-0.25, -0.2) is 4.79 Å². The second kappa shape index (κ2) is 13.2. The molecule has 212 valence electrons. The molecular weight excluding hydrogens is 504 g/mol. The third-order valence-electron chi connectivity index (χ3n) is 6.91. The number of carboxylic acid groups (broad SMARTS) is 1. The quantitative estimate of drug-likeness (QED) is 0.210. The largest absolute Gasteiger partial charge is 0.480 e. The molecule has 0 saturated carbocycles. The maximum atomic E-state index is 13.7. The minimum atomic E-state index is -1.09. The van der Waals surface area contributed by atoms with Gasteiger partial charge in [0.1, 0.15) is 18.1 Å². The zero-order valence-electron chi connectivity index (χ0n) is 22.3. The van der Waals surface area contributed by atoms with Crippen LogP contribution in [0.5, 0.6) is 0 Å². The lowest BCUT2D eigenvalue weighted by atomic mass is 10.00. The Morgan fingerprint density at radius 3 is 2.46 bits per heavy atom. The monoisotopic (exact) mass is 542 g/mol. The van der Waals surface area contributed by atoms with Crippen LogP contribution in [-0.2, 0) is 30.4 Å². The summed E-state index contributed by atoms with van der Waals surface area (Å²) in [6.07, 6.45) is 3.01. The van der Waals surface area contributed by atoms with E-state index in [1.165, 1.54) is 4.90 Å². The number of carbonyl (C=O) groups is 5. The number of nitrogens with two attached hydrogens (primary N) is 2. The van der Waals surface area contributed by atoms with Gasteiger partial charge >= 0.3 is 5.97 Å². The number of primary amides is 1. The Hall–Kier alpha value is -3.93. The first kappa shape index (κ1) is 29.6. The van der Waals surface area contributed by atoms with Crippen molar-refractivity contribution in [3.63, 3.8) is 0 Å². The highest BCUT2D eigenvalue weighted by molar-refractivity contribution is 5.95. The van der Waals surface area contributed by atoms with Crippen molar-refractivity contribution in [2.24, 2.45) is 17.4 Å².